The van der Waals surface area contributed by atoms with Crippen molar-refractivity contribution in [1.29, 1.82) is 0 Å². The Hall–Kier alpha value is -1.86. The zero-order valence-corrected chi connectivity index (χ0v) is 13.7. The van der Waals surface area contributed by atoms with E-state index in [4.69, 9.17) is 16.6 Å². The highest BCUT2D eigenvalue weighted by Gasteiger charge is 2.41. The minimum Gasteiger partial charge on any atom is -0.480 e. The fourth-order valence-electron chi connectivity index (χ4n) is 2.04. The van der Waals surface area contributed by atoms with E-state index in [1.807, 2.05) is 0 Å². The number of thiocarbonyl (C=S) groups is 1. The quantitative estimate of drug-likeness (QED) is 0.657. The summed E-state index contributed by atoms with van der Waals surface area (Å²) in [4.78, 5) is 25.4. The van der Waals surface area contributed by atoms with Crippen molar-refractivity contribution in [2.75, 3.05) is 0 Å². The number of carbonyl (C=O) groups is 2. The molecule has 1 aliphatic heterocycles. The van der Waals surface area contributed by atoms with Gasteiger partial charge in [-0.3, -0.25) is 9.69 Å². The van der Waals surface area contributed by atoms with Gasteiger partial charge in [-0.05, 0) is 30.2 Å². The Morgan fingerprint density at radius 3 is 2.77 bits per heavy atom. The molecule has 1 amide bonds. The van der Waals surface area contributed by atoms with Crippen LogP contribution in [0.15, 0.2) is 39.9 Å². The van der Waals surface area contributed by atoms with Gasteiger partial charge in [0.05, 0.1) is 11.2 Å². The lowest BCUT2D eigenvalue weighted by Crippen LogP contribution is -2.47. The molecule has 2 heterocycles. The van der Waals surface area contributed by atoms with Crippen LogP contribution in [0.5, 0.6) is 0 Å². The van der Waals surface area contributed by atoms with E-state index < -0.39 is 12.0 Å². The highest BCUT2D eigenvalue weighted by Crippen LogP contribution is 2.34. The van der Waals surface area contributed by atoms with Gasteiger partial charge in [-0.15, -0.1) is 0 Å². The van der Waals surface area contributed by atoms with Crippen LogP contribution in [0.3, 0.4) is 0 Å². The number of nitrogens with zero attached hydrogens (tertiary/aromatic N) is 1. The number of amides is 1. The van der Waals surface area contributed by atoms with Crippen molar-refractivity contribution in [2.45, 2.75) is 19.9 Å². The third kappa shape index (κ3) is 3.48. The van der Waals surface area contributed by atoms with Crippen LogP contribution in [0.25, 0.3) is 6.08 Å². The number of rotatable bonds is 5. The van der Waals surface area contributed by atoms with Crippen molar-refractivity contribution in [3.8, 4) is 0 Å². The number of hydrogen-bond acceptors (Lipinski definition) is 5. The lowest BCUT2D eigenvalue weighted by Gasteiger charge is -2.26. The normalized spacial score (nSPS) is 18.9. The second kappa shape index (κ2) is 6.93. The van der Waals surface area contributed by atoms with Gasteiger partial charge in [-0.1, -0.05) is 43.9 Å². The van der Waals surface area contributed by atoms with E-state index in [9.17, 15) is 14.7 Å². The second-order valence-electron chi connectivity index (χ2n) is 4.98. The Bertz CT molecular complexity index is 647. The Labute approximate surface area is 137 Å². The summed E-state index contributed by atoms with van der Waals surface area (Å²) in [6.07, 6.45) is 6.56. The number of allylic oxidation sites excluding steroid dienone is 2. The van der Waals surface area contributed by atoms with Crippen molar-refractivity contribution in [3.05, 3.63) is 41.2 Å². The number of hydrogen-bond donors (Lipinski definition) is 1. The van der Waals surface area contributed by atoms with Gasteiger partial charge in [0.2, 0.25) is 0 Å². The van der Waals surface area contributed by atoms with Gasteiger partial charge in [0.15, 0.2) is 0 Å². The summed E-state index contributed by atoms with van der Waals surface area (Å²) in [5.74, 6) is -1.01. The smallest absolute Gasteiger partial charge is 0.327 e. The number of thioether (sulfide) groups is 1. The molecule has 1 unspecified atom stereocenters. The molecule has 1 aromatic rings. The molecular weight excluding hydrogens is 322 g/mol. The summed E-state index contributed by atoms with van der Waals surface area (Å²) in [6, 6.07) is 2.60. The first kappa shape index (κ1) is 16.5. The second-order valence-corrected chi connectivity index (χ2v) is 6.65. The molecule has 0 radical (unpaired) electrons. The number of carboxylic acid groups (broad SMARTS) is 1. The summed E-state index contributed by atoms with van der Waals surface area (Å²) in [5.41, 5.74) is 0. The Kier molecular flexibility index (Phi) is 5.20. The fraction of sp³-hybridized carbons (Fsp3) is 0.267. The van der Waals surface area contributed by atoms with Gasteiger partial charge in [0.25, 0.3) is 5.91 Å². The molecule has 1 fully saturated rings. The zero-order valence-electron chi connectivity index (χ0n) is 12.1. The molecule has 1 N–H and O–H groups in total. The third-order valence-electron chi connectivity index (χ3n) is 3.04. The van der Waals surface area contributed by atoms with E-state index in [1.165, 1.54) is 4.90 Å². The van der Waals surface area contributed by atoms with E-state index >= 15 is 0 Å². The van der Waals surface area contributed by atoms with Gasteiger partial charge in [-0.2, -0.15) is 0 Å². The average Bonchev–Trinajstić information content (AvgIpc) is 3.02. The van der Waals surface area contributed by atoms with E-state index in [0.29, 0.717) is 10.7 Å². The fourth-order valence-corrected chi connectivity index (χ4v) is 3.32. The van der Waals surface area contributed by atoms with Crippen LogP contribution in [0.4, 0.5) is 0 Å². The van der Waals surface area contributed by atoms with Crippen LogP contribution in [-0.4, -0.2) is 32.2 Å². The van der Waals surface area contributed by atoms with Crippen molar-refractivity contribution < 1.29 is 19.1 Å². The molecule has 1 aliphatic rings. The number of carbonyl (C=O) groups excluding carboxylic acids is 1. The molecule has 0 saturated carbocycles. The molecule has 0 spiro atoms. The van der Waals surface area contributed by atoms with Crippen LogP contribution in [-0.2, 0) is 9.59 Å². The minimum absolute atomic E-state index is 0.238. The Morgan fingerprint density at radius 1 is 1.50 bits per heavy atom. The number of carboxylic acids is 1. The van der Waals surface area contributed by atoms with Crippen LogP contribution in [0, 0.1) is 5.92 Å². The van der Waals surface area contributed by atoms with Gasteiger partial charge >= 0.3 is 5.97 Å². The van der Waals surface area contributed by atoms with Crippen molar-refractivity contribution >= 4 is 46.3 Å². The maximum absolute atomic E-state index is 12.4. The lowest BCUT2D eigenvalue weighted by atomic mass is 10.0. The Balaban J connectivity index is 2.19. The molecule has 7 heteroatoms. The maximum Gasteiger partial charge on any atom is 0.327 e. The summed E-state index contributed by atoms with van der Waals surface area (Å²) in [7, 11) is 0. The van der Waals surface area contributed by atoms with Gasteiger partial charge < -0.3 is 9.52 Å². The predicted molar refractivity (Wildman–Crippen MR) is 89.1 cm³/mol. The molecule has 0 bridgehead atoms. The molecule has 1 aromatic heterocycles. The molecule has 22 heavy (non-hydrogen) atoms. The minimum atomic E-state index is -1.06. The Morgan fingerprint density at radius 2 is 2.23 bits per heavy atom. The first-order valence-electron chi connectivity index (χ1n) is 6.62. The lowest BCUT2D eigenvalue weighted by molar-refractivity contribution is -0.146. The van der Waals surface area contributed by atoms with Crippen molar-refractivity contribution in [3.63, 3.8) is 0 Å². The zero-order chi connectivity index (χ0) is 16.3. The third-order valence-corrected chi connectivity index (χ3v) is 4.39. The number of aliphatic carboxylic acids is 1. The predicted octanol–water partition coefficient (Wildman–Crippen LogP) is 3.15. The maximum atomic E-state index is 12.4. The van der Waals surface area contributed by atoms with Crippen molar-refractivity contribution in [2.24, 2.45) is 5.92 Å². The summed E-state index contributed by atoms with van der Waals surface area (Å²) in [6.45, 7) is 3.50. The molecule has 5 nitrogen and oxygen atoms in total. The van der Waals surface area contributed by atoms with Crippen LogP contribution >= 0.6 is 24.0 Å². The van der Waals surface area contributed by atoms with Gasteiger partial charge in [0, 0.05) is 0 Å². The van der Waals surface area contributed by atoms with Crippen LogP contribution in [0.1, 0.15) is 19.6 Å². The summed E-state index contributed by atoms with van der Waals surface area (Å²) in [5, 5.41) is 9.32. The largest absolute Gasteiger partial charge is 0.480 e. The highest BCUT2D eigenvalue weighted by atomic mass is 32.2. The summed E-state index contributed by atoms with van der Waals surface area (Å²) < 4.78 is 5.41. The molecule has 1 saturated heterocycles. The van der Waals surface area contributed by atoms with Crippen molar-refractivity contribution in [1.82, 2.24) is 4.90 Å². The van der Waals surface area contributed by atoms with E-state index in [-0.39, 0.29) is 16.1 Å². The van der Waals surface area contributed by atoms with E-state index in [1.54, 1.807) is 50.5 Å². The van der Waals surface area contributed by atoms with Crippen LogP contribution < -0.4 is 0 Å². The standard InChI is InChI=1S/C15H15NO4S2/c1-9(2)12(14(18)19)16-13(17)11(22-15(16)21)7-3-5-10-6-4-8-20-10/h3-9,12H,1-2H3,(H,18,19)/b5-3+,11-7+. The summed E-state index contributed by atoms with van der Waals surface area (Å²) >= 11 is 6.27. The molecule has 116 valence electrons. The SMILES string of the molecule is CC(C)C(C(=O)O)N1C(=O)/C(=C\C=C\c2ccco2)SC1=S. The molecule has 0 aromatic carbocycles. The van der Waals surface area contributed by atoms with E-state index in [2.05, 4.69) is 0 Å². The molecule has 0 aliphatic carbocycles. The highest BCUT2D eigenvalue weighted by molar-refractivity contribution is 8.26. The topological polar surface area (TPSA) is 70.8 Å². The van der Waals surface area contributed by atoms with Gasteiger partial charge in [0.1, 0.15) is 16.1 Å². The van der Waals surface area contributed by atoms with Gasteiger partial charge in [-0.25, -0.2) is 4.79 Å². The van der Waals surface area contributed by atoms with E-state index in [0.717, 1.165) is 11.8 Å². The van der Waals surface area contributed by atoms with Crippen LogP contribution in [0.2, 0.25) is 0 Å². The first-order valence-corrected chi connectivity index (χ1v) is 7.84. The molecule has 1 atom stereocenters. The first-order chi connectivity index (χ1) is 10.4. The number of furan rings is 1. The molecule has 2 rings (SSSR count). The monoisotopic (exact) mass is 337 g/mol. The molecular formula is C15H15NO4S2. The average molecular weight is 337 g/mol.